The monoisotopic (exact) mass is 565 g/mol. The Morgan fingerprint density at radius 2 is 1.88 bits per heavy atom. The molecule has 1 atom stereocenters. The summed E-state index contributed by atoms with van der Waals surface area (Å²) in [6.45, 7) is 4.27. The number of amides is 1. The van der Waals surface area contributed by atoms with Gasteiger partial charge in [-0.25, -0.2) is 19.0 Å². The minimum Gasteiger partial charge on any atom is -0.457 e. The maximum atomic E-state index is 12.8. The topological polar surface area (TPSA) is 105 Å². The van der Waals surface area contributed by atoms with Gasteiger partial charge < -0.3 is 19.9 Å². The molecule has 11 nitrogen and oxygen atoms in total. The number of likely N-dealkylation sites (tertiary alicyclic amines) is 1. The first-order valence-corrected chi connectivity index (χ1v) is 14.2. The van der Waals surface area contributed by atoms with Crippen LogP contribution in [0.2, 0.25) is 0 Å². The Labute approximate surface area is 244 Å². The molecule has 0 spiro atoms. The number of carbonyl (C=O) groups excluding carboxylic acids is 1. The quantitative estimate of drug-likeness (QED) is 0.267. The van der Waals surface area contributed by atoms with Crippen molar-refractivity contribution in [1.29, 1.82) is 0 Å². The van der Waals surface area contributed by atoms with Gasteiger partial charge >= 0.3 is 0 Å². The lowest BCUT2D eigenvalue weighted by Gasteiger charge is -2.19. The molecule has 1 aromatic carbocycles. The Kier molecular flexibility index (Phi) is 7.83. The Morgan fingerprint density at radius 1 is 1.05 bits per heavy atom. The Bertz CT molecular complexity index is 1740. The maximum absolute atomic E-state index is 12.8. The van der Waals surface area contributed by atoms with Crippen molar-refractivity contribution in [3.05, 3.63) is 84.7 Å². The minimum atomic E-state index is 0.0896. The molecule has 4 aromatic heterocycles. The molecule has 1 aliphatic heterocycles. The molecule has 0 unspecified atom stereocenters. The van der Waals surface area contributed by atoms with Crippen LogP contribution in [0.3, 0.4) is 0 Å². The Hall–Kier alpha value is -4.77. The molecule has 0 bridgehead atoms. The molecule has 0 radical (unpaired) electrons. The summed E-state index contributed by atoms with van der Waals surface area (Å²) in [7, 11) is 3.99. The largest absolute Gasteiger partial charge is 0.457 e. The normalized spacial score (nSPS) is 16.0. The van der Waals surface area contributed by atoms with Crippen molar-refractivity contribution in [2.24, 2.45) is 0 Å². The molecule has 1 fully saturated rings. The van der Waals surface area contributed by atoms with E-state index in [1.807, 2.05) is 84.1 Å². The van der Waals surface area contributed by atoms with Crippen LogP contribution >= 0.6 is 0 Å². The fourth-order valence-electron chi connectivity index (χ4n) is 5.46. The lowest BCUT2D eigenvalue weighted by Crippen LogP contribution is -2.30. The number of aromatic nitrogens is 6. The number of fused-ring (bicyclic) bond motifs is 2. The summed E-state index contributed by atoms with van der Waals surface area (Å²) in [5.41, 5.74) is 4.78. The number of ether oxygens (including phenoxy) is 1. The van der Waals surface area contributed by atoms with E-state index >= 15 is 0 Å². The predicted octanol–water partition coefficient (Wildman–Crippen LogP) is 4.83. The molecule has 216 valence electrons. The number of benzene rings is 1. The van der Waals surface area contributed by atoms with Gasteiger partial charge in [-0.05, 0) is 87.7 Å². The van der Waals surface area contributed by atoms with Crippen LogP contribution in [0.4, 0.5) is 11.5 Å². The molecular formula is C31H35N9O2. The predicted molar refractivity (Wildman–Crippen MR) is 161 cm³/mol. The summed E-state index contributed by atoms with van der Waals surface area (Å²) in [5.74, 6) is 2.61. The molecule has 1 amide bonds. The minimum absolute atomic E-state index is 0.0896. The molecule has 1 saturated heterocycles. The molecule has 0 aliphatic carbocycles. The fraction of sp³-hybridized carbons (Fsp3) is 0.323. The maximum Gasteiger partial charge on any atom is 0.246 e. The van der Waals surface area contributed by atoms with Gasteiger partial charge in [-0.2, -0.15) is 10.2 Å². The van der Waals surface area contributed by atoms with E-state index in [1.165, 1.54) is 11.9 Å². The Morgan fingerprint density at radius 3 is 2.74 bits per heavy atom. The van der Waals surface area contributed by atoms with E-state index in [2.05, 4.69) is 31.5 Å². The second kappa shape index (κ2) is 12.0. The third kappa shape index (κ3) is 5.96. The number of aryl methyl sites for hydroxylation is 1. The first-order valence-electron chi connectivity index (χ1n) is 14.2. The van der Waals surface area contributed by atoms with Gasteiger partial charge in [0.1, 0.15) is 29.7 Å². The number of pyridine rings is 1. The van der Waals surface area contributed by atoms with Crippen molar-refractivity contribution < 1.29 is 9.53 Å². The number of nitrogens with one attached hydrogen (secondary N) is 1. The summed E-state index contributed by atoms with van der Waals surface area (Å²) < 4.78 is 9.72. The number of rotatable bonds is 8. The van der Waals surface area contributed by atoms with Crippen LogP contribution in [0.15, 0.2) is 73.6 Å². The summed E-state index contributed by atoms with van der Waals surface area (Å²) in [5, 5.41) is 12.1. The van der Waals surface area contributed by atoms with E-state index in [0.717, 1.165) is 72.9 Å². The number of anilines is 2. The summed E-state index contributed by atoms with van der Waals surface area (Å²) in [6, 6.07) is 11.8. The van der Waals surface area contributed by atoms with Crippen molar-refractivity contribution in [3.63, 3.8) is 0 Å². The summed E-state index contributed by atoms with van der Waals surface area (Å²) >= 11 is 0. The number of hydrogen-bond donors (Lipinski definition) is 1. The van der Waals surface area contributed by atoms with Crippen molar-refractivity contribution in [2.75, 3.05) is 39.0 Å². The van der Waals surface area contributed by atoms with Gasteiger partial charge in [0.2, 0.25) is 5.91 Å². The second-order valence-electron chi connectivity index (χ2n) is 10.9. The van der Waals surface area contributed by atoms with E-state index in [1.54, 1.807) is 16.9 Å². The van der Waals surface area contributed by atoms with Gasteiger partial charge in [0.05, 0.1) is 0 Å². The second-order valence-corrected chi connectivity index (χ2v) is 10.9. The van der Waals surface area contributed by atoms with Crippen LogP contribution in [0.25, 0.3) is 11.2 Å². The van der Waals surface area contributed by atoms with Crippen molar-refractivity contribution in [2.45, 2.75) is 32.1 Å². The number of carbonyl (C=O) groups is 1. The van der Waals surface area contributed by atoms with Crippen molar-refractivity contribution >= 4 is 28.6 Å². The van der Waals surface area contributed by atoms with Crippen LogP contribution in [0, 0.1) is 6.92 Å². The van der Waals surface area contributed by atoms with Crippen LogP contribution in [0.5, 0.6) is 11.5 Å². The first-order chi connectivity index (χ1) is 20.4. The molecular weight excluding hydrogens is 530 g/mol. The highest BCUT2D eigenvalue weighted by Gasteiger charge is 2.24. The molecule has 11 heteroatoms. The smallest absolute Gasteiger partial charge is 0.246 e. The van der Waals surface area contributed by atoms with Crippen LogP contribution in [-0.2, 0) is 4.79 Å². The van der Waals surface area contributed by atoms with E-state index in [4.69, 9.17) is 4.74 Å². The van der Waals surface area contributed by atoms with Crippen molar-refractivity contribution in [3.8, 4) is 11.5 Å². The van der Waals surface area contributed by atoms with E-state index in [0.29, 0.717) is 11.7 Å². The van der Waals surface area contributed by atoms with E-state index in [-0.39, 0.29) is 5.91 Å². The number of nitrogens with zero attached hydrogens (tertiary/aromatic N) is 8. The van der Waals surface area contributed by atoms with Crippen LogP contribution in [-0.4, -0.2) is 78.6 Å². The zero-order chi connectivity index (χ0) is 29.1. The Balaban J connectivity index is 1.18. The molecule has 0 saturated carbocycles. The zero-order valence-corrected chi connectivity index (χ0v) is 24.1. The highest BCUT2D eigenvalue weighted by Crippen LogP contribution is 2.35. The lowest BCUT2D eigenvalue weighted by atomic mass is 9.93. The number of hydrogen-bond acceptors (Lipinski definition) is 8. The van der Waals surface area contributed by atoms with Gasteiger partial charge in [-0.1, -0.05) is 6.08 Å². The number of likely N-dealkylation sites (N-methyl/N-ethyl adjacent to an activating group) is 1. The fourth-order valence-corrected chi connectivity index (χ4v) is 5.46. The third-order valence-electron chi connectivity index (χ3n) is 7.61. The van der Waals surface area contributed by atoms with Crippen LogP contribution in [0.1, 0.15) is 36.3 Å². The lowest BCUT2D eigenvalue weighted by molar-refractivity contribution is -0.126. The van der Waals surface area contributed by atoms with E-state index in [9.17, 15) is 4.79 Å². The van der Waals surface area contributed by atoms with Crippen molar-refractivity contribution in [1.82, 2.24) is 39.0 Å². The molecule has 1 N–H and O–H groups in total. The third-order valence-corrected chi connectivity index (χ3v) is 7.61. The standard InChI is InChI=1S/C31H35N9O2/c1-22-18-24(8-9-27(22)42-25-11-16-39-28(19-25)32-20-34-39)36-31-30-26(12-17-40(30)35-21-33-31)23-6-4-14-38(15-10-23)29(41)7-5-13-37(2)3/h5,7-9,11-12,16-21,23H,4,6,10,13-15H2,1-3H3,(H,33,35,36)/b7-5+/t23-/m0/s1. The highest BCUT2D eigenvalue weighted by molar-refractivity contribution is 5.87. The van der Waals surface area contributed by atoms with Crippen LogP contribution < -0.4 is 10.1 Å². The average Bonchev–Trinajstić information content (AvgIpc) is 3.55. The molecule has 5 aromatic rings. The molecule has 42 heavy (non-hydrogen) atoms. The highest BCUT2D eigenvalue weighted by atomic mass is 16.5. The molecule has 1 aliphatic rings. The van der Waals surface area contributed by atoms with E-state index < -0.39 is 0 Å². The average molecular weight is 566 g/mol. The van der Waals surface area contributed by atoms with Gasteiger partial charge in [0, 0.05) is 49.9 Å². The molecule has 5 heterocycles. The first kappa shape index (κ1) is 27.4. The summed E-state index contributed by atoms with van der Waals surface area (Å²) in [4.78, 5) is 25.6. The van der Waals surface area contributed by atoms with Gasteiger partial charge in [0.15, 0.2) is 11.5 Å². The molecule has 6 rings (SSSR count). The van der Waals surface area contributed by atoms with Gasteiger partial charge in [-0.3, -0.25) is 4.79 Å². The summed E-state index contributed by atoms with van der Waals surface area (Å²) in [6.07, 6.45) is 13.4. The van der Waals surface area contributed by atoms with Gasteiger partial charge in [-0.15, -0.1) is 0 Å². The zero-order valence-electron chi connectivity index (χ0n) is 24.1. The SMILES string of the molecule is Cc1cc(Nc2ncnn3ccc([C@H]4CCCN(C(=O)/C=C/CN(C)C)CC4)c23)ccc1Oc1ccn2ncnc2c1. The van der Waals surface area contributed by atoms with Gasteiger partial charge in [0.25, 0.3) is 0 Å².